The second-order valence-electron chi connectivity index (χ2n) is 6.63. The number of hydrogen-bond acceptors (Lipinski definition) is 4. The predicted molar refractivity (Wildman–Crippen MR) is 104 cm³/mol. The van der Waals surface area contributed by atoms with Crippen molar-refractivity contribution < 1.29 is 19.1 Å². The second kappa shape index (κ2) is 7.66. The fourth-order valence-electron chi connectivity index (χ4n) is 3.31. The lowest BCUT2D eigenvalue weighted by atomic mass is 10.1. The molecule has 0 aliphatic heterocycles. The van der Waals surface area contributed by atoms with E-state index in [1.54, 1.807) is 11.5 Å². The minimum Gasteiger partial charge on any atom is -0.467 e. The van der Waals surface area contributed by atoms with Gasteiger partial charge in [0.15, 0.2) is 0 Å². The topological polar surface area (TPSA) is 57.5 Å². The second-order valence-corrected chi connectivity index (χ2v) is 6.63. The lowest BCUT2D eigenvalue weighted by Crippen LogP contribution is -2.22. The average Bonchev–Trinajstić information content (AvgIpc) is 2.97. The van der Waals surface area contributed by atoms with Gasteiger partial charge in [0.25, 0.3) is 0 Å². The highest BCUT2D eigenvalue weighted by Gasteiger charge is 2.28. The molecule has 140 valence electrons. The molecule has 0 fully saturated rings. The Kier molecular flexibility index (Phi) is 5.31. The minimum absolute atomic E-state index is 0.173. The van der Waals surface area contributed by atoms with Gasteiger partial charge in [-0.25, -0.2) is 9.59 Å². The van der Waals surface area contributed by atoms with Crippen LogP contribution in [-0.4, -0.2) is 23.6 Å². The van der Waals surface area contributed by atoms with Crippen LogP contribution >= 0.6 is 0 Å². The largest absolute Gasteiger partial charge is 0.467 e. The maximum absolute atomic E-state index is 12.9. The molecule has 5 heteroatoms. The van der Waals surface area contributed by atoms with Crippen molar-refractivity contribution in [1.82, 2.24) is 4.57 Å². The van der Waals surface area contributed by atoms with Gasteiger partial charge in [-0.3, -0.25) is 0 Å². The summed E-state index contributed by atoms with van der Waals surface area (Å²) in [4.78, 5) is 25.1. The van der Waals surface area contributed by atoms with Crippen LogP contribution < -0.4 is 0 Å². The third-order valence-electron chi connectivity index (χ3n) is 4.75. The Morgan fingerprint density at radius 1 is 1.07 bits per heavy atom. The Morgan fingerprint density at radius 2 is 1.78 bits per heavy atom. The fraction of sp³-hybridized carbons (Fsp3) is 0.273. The van der Waals surface area contributed by atoms with Crippen LogP contribution in [0.5, 0.6) is 0 Å². The van der Waals surface area contributed by atoms with Gasteiger partial charge in [0, 0.05) is 10.9 Å². The monoisotopic (exact) mass is 365 g/mol. The lowest BCUT2D eigenvalue weighted by Gasteiger charge is -2.16. The highest BCUT2D eigenvalue weighted by molar-refractivity contribution is 6.00. The summed E-state index contributed by atoms with van der Waals surface area (Å²) < 4.78 is 12.2. The van der Waals surface area contributed by atoms with Crippen LogP contribution in [0.25, 0.3) is 10.9 Å². The smallest absolute Gasteiger partial charge is 0.355 e. The third kappa shape index (κ3) is 3.58. The number of aryl methyl sites for hydroxylation is 2. The number of ether oxygens (including phenoxy) is 2. The first-order valence-corrected chi connectivity index (χ1v) is 8.84. The van der Waals surface area contributed by atoms with Crippen LogP contribution in [0.3, 0.4) is 0 Å². The van der Waals surface area contributed by atoms with E-state index in [9.17, 15) is 9.59 Å². The van der Waals surface area contributed by atoms with Gasteiger partial charge in [-0.15, -0.1) is 0 Å². The molecule has 0 bridgehead atoms. The zero-order chi connectivity index (χ0) is 19.6. The molecule has 27 heavy (non-hydrogen) atoms. The number of carbonyl (C=O) groups excluding carboxylic acids is 2. The summed E-state index contributed by atoms with van der Waals surface area (Å²) in [5, 5.41) is 0.928. The predicted octanol–water partition coefficient (Wildman–Crippen LogP) is 4.35. The summed E-state index contributed by atoms with van der Waals surface area (Å²) in [6.07, 6.45) is 0. The molecule has 1 atom stereocenters. The maximum Gasteiger partial charge on any atom is 0.355 e. The number of benzene rings is 2. The molecule has 0 radical (unpaired) electrons. The molecule has 0 N–H and O–H groups in total. The fourth-order valence-corrected chi connectivity index (χ4v) is 3.31. The first-order valence-electron chi connectivity index (χ1n) is 8.84. The summed E-state index contributed by atoms with van der Waals surface area (Å²) in [7, 11) is 1.34. The molecule has 2 aromatic carbocycles. The number of aromatic nitrogens is 1. The van der Waals surface area contributed by atoms with E-state index in [0.29, 0.717) is 5.69 Å². The maximum atomic E-state index is 12.9. The van der Waals surface area contributed by atoms with Gasteiger partial charge in [0.05, 0.1) is 7.11 Å². The zero-order valence-corrected chi connectivity index (χ0v) is 16.0. The van der Waals surface area contributed by atoms with Gasteiger partial charge in [-0.05, 0) is 44.0 Å². The molecule has 0 saturated carbocycles. The molecule has 1 heterocycles. The van der Waals surface area contributed by atoms with E-state index in [1.165, 1.54) is 7.11 Å². The molecule has 0 saturated heterocycles. The highest BCUT2D eigenvalue weighted by Crippen LogP contribution is 2.31. The van der Waals surface area contributed by atoms with Crippen LogP contribution in [0.4, 0.5) is 0 Å². The Bertz CT molecular complexity index is 988. The van der Waals surface area contributed by atoms with Crippen molar-refractivity contribution in [2.24, 2.45) is 0 Å². The van der Waals surface area contributed by atoms with E-state index in [2.05, 4.69) is 0 Å². The number of fused-ring (bicyclic) bond motifs is 1. The average molecular weight is 365 g/mol. The van der Waals surface area contributed by atoms with Gasteiger partial charge in [-0.1, -0.05) is 42.0 Å². The van der Waals surface area contributed by atoms with Crippen LogP contribution in [0.1, 0.15) is 40.1 Å². The quantitative estimate of drug-likeness (QED) is 0.631. The van der Waals surface area contributed by atoms with Crippen LogP contribution in [0.15, 0.2) is 48.5 Å². The number of esters is 2. The molecule has 0 spiro atoms. The van der Waals surface area contributed by atoms with Crippen molar-refractivity contribution in [2.45, 2.75) is 33.4 Å². The molecule has 1 unspecified atom stereocenters. The zero-order valence-electron chi connectivity index (χ0n) is 16.0. The molecule has 3 rings (SSSR count). The SMILES string of the molecule is COC(=O)C(C)n1c(C(=O)OCc2ccccc2)c(C)c2cc(C)ccc21. The summed E-state index contributed by atoms with van der Waals surface area (Å²) in [5.41, 5.74) is 3.97. The molecule has 3 aromatic rings. The number of methoxy groups -OCH3 is 1. The van der Waals surface area contributed by atoms with Crippen molar-refractivity contribution in [3.8, 4) is 0 Å². The standard InChI is InChI=1S/C22H23NO4/c1-14-10-11-19-18(12-14)15(2)20(23(19)16(3)21(24)26-4)22(25)27-13-17-8-6-5-7-9-17/h5-12,16H,13H2,1-4H3. The van der Waals surface area contributed by atoms with Crippen LogP contribution in [-0.2, 0) is 20.9 Å². The summed E-state index contributed by atoms with van der Waals surface area (Å²) >= 11 is 0. The molecular weight excluding hydrogens is 342 g/mol. The molecule has 0 aliphatic carbocycles. The van der Waals surface area contributed by atoms with Crippen LogP contribution in [0.2, 0.25) is 0 Å². The van der Waals surface area contributed by atoms with Gasteiger partial charge in [-0.2, -0.15) is 0 Å². The van der Waals surface area contributed by atoms with Crippen molar-refractivity contribution in [3.63, 3.8) is 0 Å². The van der Waals surface area contributed by atoms with Crippen molar-refractivity contribution in [1.29, 1.82) is 0 Å². The molecule has 5 nitrogen and oxygen atoms in total. The van der Waals surface area contributed by atoms with Crippen LogP contribution in [0, 0.1) is 13.8 Å². The van der Waals surface area contributed by atoms with E-state index in [1.807, 2.05) is 62.4 Å². The molecule has 0 aliphatic rings. The molecule has 0 amide bonds. The van der Waals surface area contributed by atoms with E-state index >= 15 is 0 Å². The Morgan fingerprint density at radius 3 is 2.44 bits per heavy atom. The normalized spacial score (nSPS) is 12.0. The Balaban J connectivity index is 2.05. The van der Waals surface area contributed by atoms with E-state index in [4.69, 9.17) is 9.47 Å². The Labute approximate surface area is 158 Å². The minimum atomic E-state index is -0.645. The first-order chi connectivity index (χ1) is 12.9. The van der Waals surface area contributed by atoms with E-state index in [-0.39, 0.29) is 6.61 Å². The van der Waals surface area contributed by atoms with Gasteiger partial charge < -0.3 is 14.0 Å². The highest BCUT2D eigenvalue weighted by atomic mass is 16.5. The van der Waals surface area contributed by atoms with Crippen molar-refractivity contribution in [3.05, 3.63) is 70.9 Å². The van der Waals surface area contributed by atoms with E-state index in [0.717, 1.165) is 27.6 Å². The molecule has 1 aromatic heterocycles. The molecular formula is C22H23NO4. The first kappa shape index (κ1) is 18.7. The van der Waals surface area contributed by atoms with Gasteiger partial charge >= 0.3 is 11.9 Å². The summed E-state index contributed by atoms with van der Waals surface area (Å²) in [5.74, 6) is -0.870. The number of hydrogen-bond donors (Lipinski definition) is 0. The van der Waals surface area contributed by atoms with Crippen molar-refractivity contribution >= 4 is 22.8 Å². The summed E-state index contributed by atoms with van der Waals surface area (Å²) in [6, 6.07) is 14.8. The van der Waals surface area contributed by atoms with Gasteiger partial charge in [0.1, 0.15) is 18.3 Å². The number of nitrogens with zero attached hydrogens (tertiary/aromatic N) is 1. The van der Waals surface area contributed by atoms with Gasteiger partial charge in [0.2, 0.25) is 0 Å². The van der Waals surface area contributed by atoms with E-state index < -0.39 is 18.0 Å². The number of carbonyl (C=O) groups is 2. The third-order valence-corrected chi connectivity index (χ3v) is 4.75. The Hall–Kier alpha value is -3.08. The lowest BCUT2D eigenvalue weighted by molar-refractivity contribution is -0.143. The van der Waals surface area contributed by atoms with Crippen molar-refractivity contribution in [2.75, 3.05) is 7.11 Å². The number of rotatable bonds is 5. The summed E-state index contributed by atoms with van der Waals surface area (Å²) in [6.45, 7) is 5.76.